The van der Waals surface area contributed by atoms with Crippen molar-refractivity contribution in [3.8, 4) is 5.75 Å². The minimum atomic E-state index is -3.26. The summed E-state index contributed by atoms with van der Waals surface area (Å²) < 4.78 is 28.6. The molecule has 3 N–H and O–H groups in total. The Hall–Kier alpha value is -1.64. The van der Waals surface area contributed by atoms with Crippen molar-refractivity contribution in [2.45, 2.75) is 36.9 Å². The number of sulfone groups is 1. The van der Waals surface area contributed by atoms with Crippen molar-refractivity contribution in [2.24, 2.45) is 5.41 Å². The van der Waals surface area contributed by atoms with Gasteiger partial charge in [-0.05, 0) is 37.1 Å². The summed E-state index contributed by atoms with van der Waals surface area (Å²) in [6, 6.07) is 6.04. The summed E-state index contributed by atoms with van der Waals surface area (Å²) in [7, 11) is -3.26. The highest BCUT2D eigenvalue weighted by molar-refractivity contribution is 7.90. The van der Waals surface area contributed by atoms with Gasteiger partial charge in [-0.3, -0.25) is 4.79 Å². The monoisotopic (exact) mass is 357 g/mol. The quantitative estimate of drug-likeness (QED) is 0.666. The van der Waals surface area contributed by atoms with Gasteiger partial charge in [0.1, 0.15) is 5.75 Å². The molecule has 1 saturated carbocycles. The molecule has 1 aliphatic carbocycles. The zero-order valence-electron chi connectivity index (χ0n) is 13.7. The topological polar surface area (TPSA) is 113 Å². The van der Waals surface area contributed by atoms with Crippen molar-refractivity contribution in [1.82, 2.24) is 5.32 Å². The summed E-state index contributed by atoms with van der Waals surface area (Å²) in [6.45, 7) is 1.89. The molecular formula is C16H23NO6S. The summed E-state index contributed by atoms with van der Waals surface area (Å²) >= 11 is 0. The van der Waals surface area contributed by atoms with E-state index in [1.165, 1.54) is 19.1 Å². The second-order valence-corrected chi connectivity index (χ2v) is 8.50. The third kappa shape index (κ3) is 4.68. The number of aliphatic hydroxyl groups is 2. The Balaban J connectivity index is 2.06. The number of amides is 1. The van der Waals surface area contributed by atoms with Crippen molar-refractivity contribution in [3.05, 3.63) is 24.3 Å². The van der Waals surface area contributed by atoms with Crippen molar-refractivity contribution >= 4 is 15.7 Å². The number of carbonyl (C=O) groups is 1. The maximum Gasteiger partial charge on any atom is 0.216 e. The number of hydrogen-bond donors (Lipinski definition) is 3. The molecule has 0 bridgehead atoms. The van der Waals surface area contributed by atoms with Crippen LogP contribution >= 0.6 is 0 Å². The Kier molecular flexibility index (Phi) is 5.52. The second-order valence-electron chi connectivity index (χ2n) is 6.48. The van der Waals surface area contributed by atoms with Gasteiger partial charge in [-0.25, -0.2) is 8.42 Å². The molecule has 7 nitrogen and oxygen atoms in total. The predicted octanol–water partition coefficient (Wildman–Crippen LogP) is 0.107. The van der Waals surface area contributed by atoms with Crippen molar-refractivity contribution in [2.75, 3.05) is 19.4 Å². The zero-order valence-corrected chi connectivity index (χ0v) is 14.5. The van der Waals surface area contributed by atoms with Gasteiger partial charge < -0.3 is 20.3 Å². The molecule has 1 aliphatic rings. The number of hydrogen-bond acceptors (Lipinski definition) is 6. The van der Waals surface area contributed by atoms with Crippen LogP contribution in [0.15, 0.2) is 29.2 Å². The lowest BCUT2D eigenvalue weighted by Gasteiger charge is -2.29. The number of ether oxygens (including phenoxy) is 1. The maximum atomic E-state index is 11.4. The van der Waals surface area contributed by atoms with E-state index in [9.17, 15) is 23.4 Å². The summed E-state index contributed by atoms with van der Waals surface area (Å²) in [5, 5.41) is 22.4. The fourth-order valence-corrected chi connectivity index (χ4v) is 3.52. The highest BCUT2D eigenvalue weighted by Crippen LogP contribution is 2.38. The van der Waals surface area contributed by atoms with Gasteiger partial charge in [-0.15, -0.1) is 0 Å². The Morgan fingerprint density at radius 3 is 2.25 bits per heavy atom. The van der Waals surface area contributed by atoms with E-state index >= 15 is 0 Å². The van der Waals surface area contributed by atoms with Gasteiger partial charge >= 0.3 is 0 Å². The van der Waals surface area contributed by atoms with Gasteiger partial charge in [0.15, 0.2) is 9.84 Å². The van der Waals surface area contributed by atoms with E-state index in [-0.39, 0.29) is 24.0 Å². The van der Waals surface area contributed by atoms with Gasteiger partial charge in [0, 0.05) is 25.1 Å². The van der Waals surface area contributed by atoms with Gasteiger partial charge in [-0.1, -0.05) is 0 Å². The summed E-state index contributed by atoms with van der Waals surface area (Å²) in [6.07, 6.45) is 0.0585. The molecule has 0 aromatic heterocycles. The fourth-order valence-electron chi connectivity index (χ4n) is 2.89. The van der Waals surface area contributed by atoms with E-state index in [1.54, 1.807) is 12.1 Å². The molecule has 134 valence electrons. The molecule has 8 heteroatoms. The van der Waals surface area contributed by atoms with E-state index in [0.29, 0.717) is 18.6 Å². The number of nitrogens with one attached hydrogen (secondary N) is 1. The third-order valence-corrected chi connectivity index (χ3v) is 5.37. The molecule has 2 atom stereocenters. The molecule has 24 heavy (non-hydrogen) atoms. The Morgan fingerprint density at radius 2 is 1.79 bits per heavy atom. The Morgan fingerprint density at radius 1 is 1.25 bits per heavy atom. The van der Waals surface area contributed by atoms with Crippen molar-refractivity contribution in [1.29, 1.82) is 0 Å². The number of aliphatic hydroxyl groups excluding tert-OH is 2. The average molecular weight is 357 g/mol. The third-order valence-electron chi connectivity index (χ3n) is 4.24. The first-order valence-electron chi connectivity index (χ1n) is 7.65. The molecule has 0 saturated heterocycles. The van der Waals surface area contributed by atoms with Gasteiger partial charge in [0.2, 0.25) is 5.91 Å². The molecule has 2 rings (SSSR count). The molecule has 2 unspecified atom stereocenters. The van der Waals surface area contributed by atoms with Crippen molar-refractivity contribution in [3.63, 3.8) is 0 Å². The molecule has 0 radical (unpaired) electrons. The van der Waals surface area contributed by atoms with Crippen LogP contribution in [0.5, 0.6) is 5.75 Å². The van der Waals surface area contributed by atoms with E-state index in [1.807, 2.05) is 0 Å². The first-order chi connectivity index (χ1) is 11.1. The Bertz CT molecular complexity index is 675. The largest absolute Gasteiger partial charge is 0.493 e. The van der Waals surface area contributed by atoms with Crippen molar-refractivity contribution < 1.29 is 28.2 Å². The minimum Gasteiger partial charge on any atom is -0.493 e. The zero-order chi connectivity index (χ0) is 18.0. The van der Waals surface area contributed by atoms with Crippen LogP contribution in [0.25, 0.3) is 0 Å². The highest BCUT2D eigenvalue weighted by atomic mass is 32.2. The smallest absolute Gasteiger partial charge is 0.216 e. The normalized spacial score (nSPS) is 27.0. The first-order valence-corrected chi connectivity index (χ1v) is 9.54. The molecule has 1 amide bonds. The van der Waals surface area contributed by atoms with Crippen LogP contribution < -0.4 is 10.1 Å². The van der Waals surface area contributed by atoms with Crippen LogP contribution in [0.2, 0.25) is 0 Å². The van der Waals surface area contributed by atoms with Crippen LogP contribution in [0, 0.1) is 5.41 Å². The van der Waals surface area contributed by atoms with Crippen LogP contribution in [0.4, 0.5) is 0 Å². The lowest BCUT2D eigenvalue weighted by molar-refractivity contribution is -0.119. The minimum absolute atomic E-state index is 0.192. The predicted molar refractivity (Wildman–Crippen MR) is 87.4 cm³/mol. The first kappa shape index (κ1) is 18.7. The van der Waals surface area contributed by atoms with Gasteiger partial charge in [0.25, 0.3) is 0 Å². The number of benzene rings is 1. The average Bonchev–Trinajstić information content (AvgIpc) is 2.78. The van der Waals surface area contributed by atoms with E-state index in [0.717, 1.165) is 6.26 Å². The lowest BCUT2D eigenvalue weighted by Crippen LogP contribution is -2.39. The van der Waals surface area contributed by atoms with Gasteiger partial charge in [-0.2, -0.15) is 0 Å². The second kappa shape index (κ2) is 7.08. The van der Waals surface area contributed by atoms with Crippen LogP contribution in [0.3, 0.4) is 0 Å². The van der Waals surface area contributed by atoms with Crippen LogP contribution in [-0.2, 0) is 14.6 Å². The Labute approximate surface area is 141 Å². The molecule has 1 aromatic carbocycles. The van der Waals surface area contributed by atoms with Crippen LogP contribution in [-0.4, -0.2) is 56.2 Å². The molecule has 0 spiro atoms. The van der Waals surface area contributed by atoms with Gasteiger partial charge in [0.05, 0.1) is 23.7 Å². The standard InChI is InChI=1S/C16H23NO6S/c1-11(18)17-9-16(7-14(19)15(20)8-16)10-23-12-3-5-13(6-4-12)24(2,21)22/h3-6,14-15,19-20H,7-10H2,1-2H3,(H,17,18). The lowest BCUT2D eigenvalue weighted by atomic mass is 9.86. The molecule has 0 aliphatic heterocycles. The molecule has 0 heterocycles. The number of carbonyl (C=O) groups excluding carboxylic acids is 1. The summed E-state index contributed by atoms with van der Waals surface area (Å²) in [4.78, 5) is 11.4. The fraction of sp³-hybridized carbons (Fsp3) is 0.562. The molecular weight excluding hydrogens is 334 g/mol. The highest BCUT2D eigenvalue weighted by Gasteiger charge is 2.45. The van der Waals surface area contributed by atoms with E-state index in [4.69, 9.17) is 4.74 Å². The van der Waals surface area contributed by atoms with E-state index in [2.05, 4.69) is 5.32 Å². The summed E-state index contributed by atoms with van der Waals surface area (Å²) in [5.41, 5.74) is -0.569. The summed E-state index contributed by atoms with van der Waals surface area (Å²) in [5.74, 6) is 0.295. The SMILES string of the molecule is CC(=O)NCC1(COc2ccc(S(C)(=O)=O)cc2)CC(O)C(O)C1. The maximum absolute atomic E-state index is 11.4. The number of rotatable bonds is 6. The molecule has 1 fully saturated rings. The molecule has 1 aromatic rings. The van der Waals surface area contributed by atoms with E-state index < -0.39 is 27.5 Å². The van der Waals surface area contributed by atoms with Crippen LogP contribution in [0.1, 0.15) is 19.8 Å².